The molecule has 0 radical (unpaired) electrons. The zero-order valence-corrected chi connectivity index (χ0v) is 11.4. The van der Waals surface area contributed by atoms with E-state index in [1.165, 1.54) is 0 Å². The molecule has 0 aliphatic carbocycles. The van der Waals surface area contributed by atoms with Gasteiger partial charge < -0.3 is 20.2 Å². The molecular formula is C12H21N5O2. The van der Waals surface area contributed by atoms with Crippen LogP contribution in [0.2, 0.25) is 0 Å². The molecule has 0 unspecified atom stereocenters. The second-order valence-electron chi connectivity index (χ2n) is 5.26. The lowest BCUT2D eigenvalue weighted by Crippen LogP contribution is -2.37. The SMILES string of the molecule is CC(C)(O)Cc1nc(NN)cc(N2CCOCC2)n1. The molecule has 7 heteroatoms. The van der Waals surface area contributed by atoms with Gasteiger partial charge in [0.2, 0.25) is 0 Å². The zero-order valence-electron chi connectivity index (χ0n) is 11.4. The van der Waals surface area contributed by atoms with Crippen LogP contribution < -0.4 is 16.2 Å². The van der Waals surface area contributed by atoms with Crippen molar-refractivity contribution in [1.82, 2.24) is 9.97 Å². The highest BCUT2D eigenvalue weighted by atomic mass is 16.5. The first-order valence-corrected chi connectivity index (χ1v) is 6.37. The molecule has 106 valence electrons. The van der Waals surface area contributed by atoms with Gasteiger partial charge in [0.15, 0.2) is 0 Å². The van der Waals surface area contributed by atoms with Crippen molar-refractivity contribution in [2.24, 2.45) is 5.84 Å². The van der Waals surface area contributed by atoms with E-state index in [1.807, 2.05) is 0 Å². The van der Waals surface area contributed by atoms with Crippen LogP contribution in [-0.4, -0.2) is 47.0 Å². The van der Waals surface area contributed by atoms with Crippen molar-refractivity contribution >= 4 is 11.6 Å². The topological polar surface area (TPSA) is 96.5 Å². The molecule has 1 saturated heterocycles. The van der Waals surface area contributed by atoms with Gasteiger partial charge in [-0.25, -0.2) is 15.8 Å². The summed E-state index contributed by atoms with van der Waals surface area (Å²) in [5, 5.41) is 9.87. The lowest BCUT2D eigenvalue weighted by Gasteiger charge is -2.28. The Morgan fingerprint density at radius 1 is 1.42 bits per heavy atom. The second kappa shape index (κ2) is 5.68. The smallest absolute Gasteiger partial charge is 0.145 e. The predicted molar refractivity (Wildman–Crippen MR) is 72.9 cm³/mol. The minimum atomic E-state index is -0.852. The Bertz CT molecular complexity index is 427. The second-order valence-corrected chi connectivity index (χ2v) is 5.26. The van der Waals surface area contributed by atoms with Crippen molar-refractivity contribution in [2.45, 2.75) is 25.9 Å². The van der Waals surface area contributed by atoms with E-state index in [1.54, 1.807) is 19.9 Å². The molecule has 1 fully saturated rings. The predicted octanol–water partition coefficient (Wildman–Crippen LogP) is -0.0878. The summed E-state index contributed by atoms with van der Waals surface area (Å²) in [7, 11) is 0. The number of aliphatic hydroxyl groups is 1. The summed E-state index contributed by atoms with van der Waals surface area (Å²) in [5.41, 5.74) is 1.69. The van der Waals surface area contributed by atoms with Gasteiger partial charge in [-0.1, -0.05) is 0 Å². The van der Waals surface area contributed by atoms with E-state index in [0.29, 0.717) is 31.3 Å². The standard InChI is InChI=1S/C12H21N5O2/c1-12(2,18)8-10-14-9(16-13)7-11(15-10)17-3-5-19-6-4-17/h7,18H,3-6,8,13H2,1-2H3,(H,14,15,16). The molecule has 19 heavy (non-hydrogen) atoms. The number of nitrogen functional groups attached to an aromatic ring is 1. The lowest BCUT2D eigenvalue weighted by molar-refractivity contribution is 0.0788. The number of nitrogens with zero attached hydrogens (tertiary/aromatic N) is 3. The minimum absolute atomic E-state index is 0.375. The summed E-state index contributed by atoms with van der Waals surface area (Å²) in [6.45, 7) is 6.43. The van der Waals surface area contributed by atoms with Gasteiger partial charge in [-0.15, -0.1) is 0 Å². The lowest BCUT2D eigenvalue weighted by atomic mass is 10.1. The highest BCUT2D eigenvalue weighted by Gasteiger charge is 2.19. The Kier molecular flexibility index (Phi) is 4.18. The molecule has 4 N–H and O–H groups in total. The Hall–Kier alpha value is -1.44. The van der Waals surface area contributed by atoms with Gasteiger partial charge in [0.1, 0.15) is 17.5 Å². The quantitative estimate of drug-likeness (QED) is 0.518. The molecule has 1 aromatic rings. The maximum atomic E-state index is 9.87. The molecular weight excluding hydrogens is 246 g/mol. The number of aromatic nitrogens is 2. The van der Waals surface area contributed by atoms with Gasteiger partial charge in [0.25, 0.3) is 0 Å². The van der Waals surface area contributed by atoms with E-state index >= 15 is 0 Å². The third-order valence-corrected chi connectivity index (χ3v) is 2.83. The van der Waals surface area contributed by atoms with Crippen LogP contribution >= 0.6 is 0 Å². The summed E-state index contributed by atoms with van der Waals surface area (Å²) < 4.78 is 5.32. The Labute approximate surface area is 112 Å². The van der Waals surface area contributed by atoms with Crippen LogP contribution in [0.1, 0.15) is 19.7 Å². The van der Waals surface area contributed by atoms with Crippen molar-refractivity contribution in [3.63, 3.8) is 0 Å². The molecule has 0 saturated carbocycles. The maximum Gasteiger partial charge on any atom is 0.145 e. The van der Waals surface area contributed by atoms with Gasteiger partial charge in [-0.2, -0.15) is 0 Å². The average Bonchev–Trinajstić information content (AvgIpc) is 2.37. The Balaban J connectivity index is 2.24. The van der Waals surface area contributed by atoms with Crippen molar-refractivity contribution in [3.05, 3.63) is 11.9 Å². The molecule has 7 nitrogen and oxygen atoms in total. The van der Waals surface area contributed by atoms with Crippen LogP contribution in [0, 0.1) is 0 Å². The number of anilines is 2. The van der Waals surface area contributed by atoms with E-state index in [-0.39, 0.29) is 0 Å². The molecule has 0 bridgehead atoms. The molecule has 1 aliphatic rings. The maximum absolute atomic E-state index is 9.87. The molecule has 1 aliphatic heterocycles. The summed E-state index contributed by atoms with van der Waals surface area (Å²) >= 11 is 0. The van der Waals surface area contributed by atoms with Crippen LogP contribution in [0.15, 0.2) is 6.07 Å². The fourth-order valence-corrected chi connectivity index (χ4v) is 1.98. The summed E-state index contributed by atoms with van der Waals surface area (Å²) in [6.07, 6.45) is 0.375. The van der Waals surface area contributed by atoms with Crippen LogP contribution in [0.25, 0.3) is 0 Å². The molecule has 0 atom stereocenters. The zero-order chi connectivity index (χ0) is 13.9. The van der Waals surface area contributed by atoms with E-state index in [9.17, 15) is 5.11 Å². The molecule has 2 heterocycles. The number of ether oxygens (including phenoxy) is 1. The van der Waals surface area contributed by atoms with E-state index in [0.717, 1.165) is 18.9 Å². The van der Waals surface area contributed by atoms with Crippen molar-refractivity contribution < 1.29 is 9.84 Å². The number of hydrogen-bond donors (Lipinski definition) is 3. The number of hydrazine groups is 1. The normalized spacial score (nSPS) is 16.5. The van der Waals surface area contributed by atoms with Crippen molar-refractivity contribution in [3.8, 4) is 0 Å². The highest BCUT2D eigenvalue weighted by Crippen LogP contribution is 2.19. The Morgan fingerprint density at radius 2 is 2.11 bits per heavy atom. The molecule has 0 spiro atoms. The van der Waals surface area contributed by atoms with E-state index < -0.39 is 5.60 Å². The van der Waals surface area contributed by atoms with Crippen molar-refractivity contribution in [2.75, 3.05) is 36.6 Å². The van der Waals surface area contributed by atoms with Crippen molar-refractivity contribution in [1.29, 1.82) is 0 Å². The number of morpholine rings is 1. The highest BCUT2D eigenvalue weighted by molar-refractivity contribution is 5.49. The van der Waals surface area contributed by atoms with Crippen LogP contribution in [0.5, 0.6) is 0 Å². The Morgan fingerprint density at radius 3 is 2.68 bits per heavy atom. The monoisotopic (exact) mass is 267 g/mol. The first-order chi connectivity index (χ1) is 8.98. The number of hydrogen-bond acceptors (Lipinski definition) is 7. The fraction of sp³-hybridized carbons (Fsp3) is 0.667. The third kappa shape index (κ3) is 4.02. The van der Waals surface area contributed by atoms with Gasteiger partial charge >= 0.3 is 0 Å². The van der Waals surface area contributed by atoms with Gasteiger partial charge in [-0.3, -0.25) is 0 Å². The first-order valence-electron chi connectivity index (χ1n) is 6.37. The van der Waals surface area contributed by atoms with Crippen LogP contribution in [0.4, 0.5) is 11.6 Å². The summed E-state index contributed by atoms with van der Waals surface area (Å²) in [4.78, 5) is 10.9. The first kappa shape index (κ1) is 14.0. The van der Waals surface area contributed by atoms with E-state index in [2.05, 4.69) is 20.3 Å². The summed E-state index contributed by atoms with van der Waals surface area (Å²) in [5.74, 6) is 7.37. The third-order valence-electron chi connectivity index (χ3n) is 2.83. The summed E-state index contributed by atoms with van der Waals surface area (Å²) in [6, 6.07) is 1.80. The number of nitrogens with two attached hydrogens (primary N) is 1. The largest absolute Gasteiger partial charge is 0.390 e. The van der Waals surface area contributed by atoms with E-state index in [4.69, 9.17) is 10.6 Å². The molecule has 2 rings (SSSR count). The van der Waals surface area contributed by atoms with Crippen LogP contribution in [0.3, 0.4) is 0 Å². The van der Waals surface area contributed by atoms with Gasteiger partial charge in [-0.05, 0) is 13.8 Å². The molecule has 1 aromatic heterocycles. The number of rotatable bonds is 4. The minimum Gasteiger partial charge on any atom is -0.390 e. The average molecular weight is 267 g/mol. The fourth-order valence-electron chi connectivity index (χ4n) is 1.98. The van der Waals surface area contributed by atoms with Gasteiger partial charge in [0.05, 0.1) is 18.8 Å². The molecule has 0 amide bonds. The number of nitrogens with one attached hydrogen (secondary N) is 1. The molecule has 0 aromatic carbocycles. The van der Waals surface area contributed by atoms with Gasteiger partial charge in [0, 0.05) is 25.6 Å². The van der Waals surface area contributed by atoms with Crippen LogP contribution in [-0.2, 0) is 11.2 Å².